The summed E-state index contributed by atoms with van der Waals surface area (Å²) in [5, 5.41) is 2.85. The zero-order chi connectivity index (χ0) is 11.6. The molecule has 0 aromatic heterocycles. The van der Waals surface area contributed by atoms with Gasteiger partial charge in [-0.15, -0.1) is 0 Å². The summed E-state index contributed by atoms with van der Waals surface area (Å²) in [6.45, 7) is 4.69. The van der Waals surface area contributed by atoms with Gasteiger partial charge in [-0.1, -0.05) is 53.8 Å². The Bertz CT molecular complexity index is 402. The van der Waals surface area contributed by atoms with Gasteiger partial charge in [0, 0.05) is 0 Å². The van der Waals surface area contributed by atoms with Crippen LogP contribution in [0.25, 0.3) is 0 Å². The first kappa shape index (κ1) is 11.3. The van der Waals surface area contributed by atoms with Crippen molar-refractivity contribution in [2.24, 2.45) is 5.92 Å². The first-order valence-electron chi connectivity index (χ1n) is 5.87. The van der Waals surface area contributed by atoms with Gasteiger partial charge in [-0.2, -0.15) is 0 Å². The normalized spacial score (nSPS) is 17.2. The van der Waals surface area contributed by atoms with Crippen molar-refractivity contribution in [1.82, 2.24) is 0 Å². The number of hydrogen-bond donors (Lipinski definition) is 0. The quantitative estimate of drug-likeness (QED) is 0.441. The van der Waals surface area contributed by atoms with E-state index in [4.69, 9.17) is 0 Å². The van der Waals surface area contributed by atoms with Crippen LogP contribution in [0.4, 0.5) is 0 Å². The third-order valence-corrected chi connectivity index (χ3v) is 7.28. The Morgan fingerprint density at radius 3 is 2.38 bits per heavy atom. The topological polar surface area (TPSA) is 17.1 Å². The number of rotatable bonds is 4. The lowest BCUT2D eigenvalue weighted by atomic mass is 10.3. The first-order valence-corrected chi connectivity index (χ1v) is 8.87. The zero-order valence-electron chi connectivity index (χ0n) is 9.94. The van der Waals surface area contributed by atoms with Crippen molar-refractivity contribution in [1.29, 1.82) is 0 Å². The molecule has 0 saturated heterocycles. The second kappa shape index (κ2) is 4.38. The molecule has 1 aromatic carbocycles. The summed E-state index contributed by atoms with van der Waals surface area (Å²) in [4.78, 5) is 10.8. The molecule has 16 heavy (non-hydrogen) atoms. The molecule has 84 valence electrons. The second-order valence-electron chi connectivity index (χ2n) is 5.02. The van der Waals surface area contributed by atoms with E-state index in [1.807, 2.05) is 12.1 Å². The number of carbonyl (C=O) groups excluding carboxylic acids is 1. The van der Waals surface area contributed by atoms with E-state index in [0.717, 1.165) is 6.29 Å². The molecule has 0 unspecified atom stereocenters. The Kier molecular flexibility index (Phi) is 3.10. The third kappa shape index (κ3) is 2.17. The SMILES string of the molecule is C[Si](C)(/C(=C\C=O)C1CC1)c1ccccc1. The molecule has 1 aliphatic carbocycles. The van der Waals surface area contributed by atoms with Gasteiger partial charge in [0.15, 0.2) is 0 Å². The molecule has 0 heterocycles. The highest BCUT2D eigenvalue weighted by Crippen LogP contribution is 2.40. The van der Waals surface area contributed by atoms with Gasteiger partial charge in [-0.05, 0) is 24.8 Å². The van der Waals surface area contributed by atoms with Gasteiger partial charge >= 0.3 is 0 Å². The molecule has 0 spiro atoms. The van der Waals surface area contributed by atoms with Crippen molar-refractivity contribution < 1.29 is 4.79 Å². The predicted octanol–water partition coefficient (Wildman–Crippen LogP) is 2.68. The molecular weight excluding hydrogens is 212 g/mol. The fourth-order valence-electron chi connectivity index (χ4n) is 2.34. The van der Waals surface area contributed by atoms with Crippen LogP contribution >= 0.6 is 0 Å². The summed E-state index contributed by atoms with van der Waals surface area (Å²) in [6.07, 6.45) is 5.33. The lowest BCUT2D eigenvalue weighted by Gasteiger charge is -2.26. The standard InChI is InChI=1S/C14H18OSi/c1-16(2,13-6-4-3-5-7-13)14(10-11-15)12-8-9-12/h3-7,10-12H,8-9H2,1-2H3/b14-10-. The molecule has 1 saturated carbocycles. The Morgan fingerprint density at radius 1 is 1.25 bits per heavy atom. The lowest BCUT2D eigenvalue weighted by molar-refractivity contribution is -0.104. The number of carbonyl (C=O) groups is 1. The Hall–Kier alpha value is -1.15. The summed E-state index contributed by atoms with van der Waals surface area (Å²) < 4.78 is 0. The van der Waals surface area contributed by atoms with Crippen molar-refractivity contribution in [2.45, 2.75) is 25.9 Å². The summed E-state index contributed by atoms with van der Waals surface area (Å²) in [5.74, 6) is 0.687. The molecule has 0 N–H and O–H groups in total. The maximum Gasteiger partial charge on any atom is 0.142 e. The van der Waals surface area contributed by atoms with E-state index >= 15 is 0 Å². The van der Waals surface area contributed by atoms with E-state index in [1.54, 1.807) is 0 Å². The second-order valence-corrected chi connectivity index (χ2v) is 9.43. The maximum atomic E-state index is 10.8. The third-order valence-electron chi connectivity index (χ3n) is 3.48. The van der Waals surface area contributed by atoms with Crippen LogP contribution in [0.3, 0.4) is 0 Å². The smallest absolute Gasteiger partial charge is 0.142 e. The molecule has 2 heteroatoms. The fourth-order valence-corrected chi connectivity index (χ4v) is 5.50. The van der Waals surface area contributed by atoms with Crippen LogP contribution in [0.5, 0.6) is 0 Å². The molecule has 0 amide bonds. The van der Waals surface area contributed by atoms with E-state index in [2.05, 4.69) is 37.4 Å². The molecule has 1 aliphatic rings. The zero-order valence-corrected chi connectivity index (χ0v) is 10.9. The summed E-state index contributed by atoms with van der Waals surface area (Å²) in [7, 11) is -1.60. The van der Waals surface area contributed by atoms with Crippen molar-refractivity contribution in [2.75, 3.05) is 0 Å². The van der Waals surface area contributed by atoms with Crippen LogP contribution in [0.1, 0.15) is 12.8 Å². The highest BCUT2D eigenvalue weighted by Gasteiger charge is 2.37. The van der Waals surface area contributed by atoms with Crippen LogP contribution < -0.4 is 5.19 Å². The number of aldehydes is 1. The monoisotopic (exact) mass is 230 g/mol. The summed E-state index contributed by atoms with van der Waals surface area (Å²) >= 11 is 0. The van der Waals surface area contributed by atoms with Crippen LogP contribution in [0, 0.1) is 5.92 Å². The minimum atomic E-state index is -1.60. The molecule has 0 aliphatic heterocycles. The molecular formula is C14H18OSi. The summed E-state index contributed by atoms with van der Waals surface area (Å²) in [5.41, 5.74) is 0. The highest BCUT2D eigenvalue weighted by atomic mass is 28.3. The number of benzene rings is 1. The minimum Gasteiger partial charge on any atom is -0.299 e. The van der Waals surface area contributed by atoms with Crippen molar-refractivity contribution in [3.05, 3.63) is 41.6 Å². The van der Waals surface area contributed by atoms with Crippen LogP contribution in [0.2, 0.25) is 13.1 Å². The van der Waals surface area contributed by atoms with E-state index in [1.165, 1.54) is 23.2 Å². The predicted molar refractivity (Wildman–Crippen MR) is 70.4 cm³/mol. The highest BCUT2D eigenvalue weighted by molar-refractivity contribution is 6.95. The minimum absolute atomic E-state index is 0.687. The molecule has 1 fully saturated rings. The van der Waals surface area contributed by atoms with E-state index in [0.29, 0.717) is 5.92 Å². The molecule has 0 bridgehead atoms. The van der Waals surface area contributed by atoms with Crippen LogP contribution in [0.15, 0.2) is 41.6 Å². The van der Waals surface area contributed by atoms with Gasteiger partial charge in [0.1, 0.15) is 14.4 Å². The Balaban J connectivity index is 2.36. The van der Waals surface area contributed by atoms with Gasteiger partial charge in [0.2, 0.25) is 0 Å². The van der Waals surface area contributed by atoms with E-state index in [9.17, 15) is 4.79 Å². The van der Waals surface area contributed by atoms with Gasteiger partial charge in [-0.25, -0.2) is 0 Å². The van der Waals surface area contributed by atoms with Gasteiger partial charge in [0.05, 0.1) is 0 Å². The van der Waals surface area contributed by atoms with E-state index < -0.39 is 8.07 Å². The van der Waals surface area contributed by atoms with Gasteiger partial charge < -0.3 is 0 Å². The van der Waals surface area contributed by atoms with Crippen molar-refractivity contribution >= 4 is 19.5 Å². The summed E-state index contributed by atoms with van der Waals surface area (Å²) in [6, 6.07) is 10.6. The molecule has 1 nitrogen and oxygen atoms in total. The van der Waals surface area contributed by atoms with Gasteiger partial charge in [-0.3, -0.25) is 4.79 Å². The molecule has 0 atom stereocenters. The average Bonchev–Trinajstić information content (AvgIpc) is 3.11. The largest absolute Gasteiger partial charge is 0.299 e. The Morgan fingerprint density at radius 2 is 1.88 bits per heavy atom. The Labute approximate surface area is 98.2 Å². The molecule has 1 aromatic rings. The van der Waals surface area contributed by atoms with Gasteiger partial charge in [0.25, 0.3) is 0 Å². The van der Waals surface area contributed by atoms with Crippen molar-refractivity contribution in [3.8, 4) is 0 Å². The number of allylic oxidation sites excluding steroid dienone is 2. The van der Waals surface area contributed by atoms with Crippen LogP contribution in [-0.4, -0.2) is 14.4 Å². The maximum absolute atomic E-state index is 10.8. The molecule has 2 rings (SSSR count). The van der Waals surface area contributed by atoms with E-state index in [-0.39, 0.29) is 0 Å². The first-order chi connectivity index (χ1) is 7.66. The fraction of sp³-hybridized carbons (Fsp3) is 0.357. The lowest BCUT2D eigenvalue weighted by Crippen LogP contribution is -2.44. The molecule has 0 radical (unpaired) electrons. The van der Waals surface area contributed by atoms with Crippen molar-refractivity contribution in [3.63, 3.8) is 0 Å². The number of hydrogen-bond acceptors (Lipinski definition) is 1. The average molecular weight is 230 g/mol. The van der Waals surface area contributed by atoms with Crippen LogP contribution in [-0.2, 0) is 4.79 Å².